The van der Waals surface area contributed by atoms with E-state index in [1.165, 1.54) is 7.11 Å². The van der Waals surface area contributed by atoms with Gasteiger partial charge in [-0.05, 0) is 32.1 Å². The summed E-state index contributed by atoms with van der Waals surface area (Å²) in [6.07, 6.45) is 7.04. The van der Waals surface area contributed by atoms with Crippen LogP contribution in [-0.2, 0) is 14.3 Å². The standard InChI is InChI=1S/C13H21NO3/c1-17-13(16)11-8-4-5-9-14(11)12(15)10-6-2-3-7-10/h10-11H,2-9H2,1H3. The molecule has 1 unspecified atom stereocenters. The molecule has 0 aromatic rings. The van der Waals surface area contributed by atoms with Crippen molar-refractivity contribution in [1.82, 2.24) is 4.90 Å². The Morgan fingerprint density at radius 2 is 1.71 bits per heavy atom. The molecule has 2 fully saturated rings. The molecule has 2 rings (SSSR count). The van der Waals surface area contributed by atoms with Gasteiger partial charge in [0.25, 0.3) is 0 Å². The highest BCUT2D eigenvalue weighted by Crippen LogP contribution is 2.29. The Bertz CT molecular complexity index is 297. The van der Waals surface area contributed by atoms with Gasteiger partial charge in [-0.1, -0.05) is 12.8 Å². The van der Waals surface area contributed by atoms with Crippen molar-refractivity contribution in [3.8, 4) is 0 Å². The van der Waals surface area contributed by atoms with E-state index in [-0.39, 0.29) is 23.8 Å². The Labute approximate surface area is 102 Å². The lowest BCUT2D eigenvalue weighted by atomic mass is 9.98. The molecule has 0 radical (unpaired) electrons. The number of rotatable bonds is 2. The SMILES string of the molecule is COC(=O)C1CCCCN1C(=O)C1CCCC1. The first-order chi connectivity index (χ1) is 8.24. The van der Waals surface area contributed by atoms with Crippen molar-refractivity contribution in [2.45, 2.75) is 51.0 Å². The van der Waals surface area contributed by atoms with Crippen LogP contribution in [0.5, 0.6) is 0 Å². The Morgan fingerprint density at radius 1 is 1.06 bits per heavy atom. The number of hydrogen-bond acceptors (Lipinski definition) is 3. The maximum Gasteiger partial charge on any atom is 0.328 e. The molecule has 4 heteroatoms. The summed E-state index contributed by atoms with van der Waals surface area (Å²) in [7, 11) is 1.40. The van der Waals surface area contributed by atoms with Crippen LogP contribution in [-0.4, -0.2) is 36.5 Å². The highest BCUT2D eigenvalue weighted by atomic mass is 16.5. The molecule has 1 saturated carbocycles. The van der Waals surface area contributed by atoms with Gasteiger partial charge < -0.3 is 9.64 Å². The topological polar surface area (TPSA) is 46.6 Å². The maximum atomic E-state index is 12.3. The van der Waals surface area contributed by atoms with Crippen LogP contribution >= 0.6 is 0 Å². The van der Waals surface area contributed by atoms with Crippen molar-refractivity contribution in [2.24, 2.45) is 5.92 Å². The molecule has 2 aliphatic rings. The van der Waals surface area contributed by atoms with Crippen LogP contribution in [0.3, 0.4) is 0 Å². The average Bonchev–Trinajstić information content (AvgIpc) is 2.91. The fourth-order valence-electron chi connectivity index (χ4n) is 2.98. The maximum absolute atomic E-state index is 12.3. The second-order valence-electron chi connectivity index (χ2n) is 5.05. The van der Waals surface area contributed by atoms with E-state index in [1.807, 2.05) is 0 Å². The molecule has 1 aliphatic carbocycles. The molecule has 17 heavy (non-hydrogen) atoms. The molecule has 1 aliphatic heterocycles. The van der Waals surface area contributed by atoms with Crippen LogP contribution in [0.2, 0.25) is 0 Å². The number of piperidine rings is 1. The predicted octanol–water partition coefficient (Wildman–Crippen LogP) is 1.73. The van der Waals surface area contributed by atoms with Crippen LogP contribution < -0.4 is 0 Å². The quantitative estimate of drug-likeness (QED) is 0.689. The first-order valence-corrected chi connectivity index (χ1v) is 6.62. The van der Waals surface area contributed by atoms with E-state index in [2.05, 4.69) is 0 Å². The molecule has 4 nitrogen and oxygen atoms in total. The van der Waals surface area contributed by atoms with Gasteiger partial charge in [-0.2, -0.15) is 0 Å². The second kappa shape index (κ2) is 5.52. The monoisotopic (exact) mass is 239 g/mol. The van der Waals surface area contributed by atoms with Crippen LogP contribution in [0.1, 0.15) is 44.9 Å². The molecule has 0 aromatic heterocycles. The van der Waals surface area contributed by atoms with Crippen molar-refractivity contribution < 1.29 is 14.3 Å². The summed E-state index contributed by atoms with van der Waals surface area (Å²) in [6, 6.07) is -0.332. The third-order valence-electron chi connectivity index (χ3n) is 3.96. The number of nitrogens with zero attached hydrogens (tertiary/aromatic N) is 1. The number of likely N-dealkylation sites (tertiary alicyclic amines) is 1. The molecule has 0 N–H and O–H groups in total. The van der Waals surface area contributed by atoms with Gasteiger partial charge in [-0.25, -0.2) is 4.79 Å². The fraction of sp³-hybridized carbons (Fsp3) is 0.846. The molecule has 1 amide bonds. The Morgan fingerprint density at radius 3 is 2.35 bits per heavy atom. The van der Waals surface area contributed by atoms with E-state index in [0.29, 0.717) is 0 Å². The first-order valence-electron chi connectivity index (χ1n) is 6.62. The smallest absolute Gasteiger partial charge is 0.328 e. The van der Waals surface area contributed by atoms with Gasteiger partial charge in [-0.15, -0.1) is 0 Å². The number of amides is 1. The van der Waals surface area contributed by atoms with Gasteiger partial charge in [0.15, 0.2) is 0 Å². The molecule has 96 valence electrons. The summed E-state index contributed by atoms with van der Waals surface area (Å²) in [5, 5.41) is 0. The van der Waals surface area contributed by atoms with E-state index in [1.54, 1.807) is 4.90 Å². The fourth-order valence-corrected chi connectivity index (χ4v) is 2.98. The molecule has 1 saturated heterocycles. The lowest BCUT2D eigenvalue weighted by molar-refractivity contribution is -0.156. The Balaban J connectivity index is 2.04. The van der Waals surface area contributed by atoms with Crippen LogP contribution in [0.25, 0.3) is 0 Å². The van der Waals surface area contributed by atoms with Crippen LogP contribution in [0, 0.1) is 5.92 Å². The third kappa shape index (κ3) is 2.61. The summed E-state index contributed by atoms with van der Waals surface area (Å²) < 4.78 is 4.80. The van der Waals surface area contributed by atoms with Gasteiger partial charge in [0.1, 0.15) is 6.04 Å². The largest absolute Gasteiger partial charge is 0.467 e. The predicted molar refractivity (Wildman–Crippen MR) is 63.3 cm³/mol. The minimum atomic E-state index is -0.332. The third-order valence-corrected chi connectivity index (χ3v) is 3.96. The number of ether oxygens (including phenoxy) is 1. The van der Waals surface area contributed by atoms with E-state index >= 15 is 0 Å². The van der Waals surface area contributed by atoms with Gasteiger partial charge in [-0.3, -0.25) is 4.79 Å². The summed E-state index contributed by atoms with van der Waals surface area (Å²) in [5.41, 5.74) is 0. The van der Waals surface area contributed by atoms with Crippen molar-refractivity contribution in [2.75, 3.05) is 13.7 Å². The van der Waals surface area contributed by atoms with E-state index in [9.17, 15) is 9.59 Å². The summed E-state index contributed by atoms with van der Waals surface area (Å²) in [4.78, 5) is 25.8. The first kappa shape index (κ1) is 12.4. The number of carbonyl (C=O) groups excluding carboxylic acids is 2. The molecular weight excluding hydrogens is 218 g/mol. The molecular formula is C13H21NO3. The van der Waals surface area contributed by atoms with Crippen LogP contribution in [0.4, 0.5) is 0 Å². The zero-order valence-electron chi connectivity index (χ0n) is 10.5. The molecule has 0 spiro atoms. The summed E-state index contributed by atoms with van der Waals surface area (Å²) in [5.74, 6) is 0.0777. The van der Waals surface area contributed by atoms with E-state index < -0.39 is 0 Å². The molecule has 1 atom stereocenters. The normalized spacial score (nSPS) is 25.9. The van der Waals surface area contributed by atoms with E-state index in [0.717, 1.165) is 51.5 Å². The number of carbonyl (C=O) groups is 2. The highest BCUT2D eigenvalue weighted by Gasteiger charge is 2.36. The van der Waals surface area contributed by atoms with Gasteiger partial charge in [0, 0.05) is 12.5 Å². The van der Waals surface area contributed by atoms with Crippen molar-refractivity contribution in [3.63, 3.8) is 0 Å². The lowest BCUT2D eigenvalue weighted by Gasteiger charge is -2.35. The highest BCUT2D eigenvalue weighted by molar-refractivity contribution is 5.86. The summed E-state index contributed by atoms with van der Waals surface area (Å²) >= 11 is 0. The molecule has 1 heterocycles. The van der Waals surface area contributed by atoms with Crippen LogP contribution in [0.15, 0.2) is 0 Å². The lowest BCUT2D eigenvalue weighted by Crippen LogP contribution is -2.50. The average molecular weight is 239 g/mol. The van der Waals surface area contributed by atoms with Gasteiger partial charge in [0.05, 0.1) is 7.11 Å². The minimum Gasteiger partial charge on any atom is -0.467 e. The number of esters is 1. The Kier molecular flexibility index (Phi) is 4.02. The number of hydrogen-bond donors (Lipinski definition) is 0. The zero-order valence-corrected chi connectivity index (χ0v) is 10.5. The van der Waals surface area contributed by atoms with Crippen molar-refractivity contribution in [3.05, 3.63) is 0 Å². The summed E-state index contributed by atoms with van der Waals surface area (Å²) in [6.45, 7) is 0.717. The minimum absolute atomic E-state index is 0.153. The van der Waals surface area contributed by atoms with Gasteiger partial charge >= 0.3 is 5.97 Å². The Hall–Kier alpha value is -1.06. The van der Waals surface area contributed by atoms with Crippen molar-refractivity contribution in [1.29, 1.82) is 0 Å². The molecule has 0 bridgehead atoms. The zero-order chi connectivity index (χ0) is 12.3. The van der Waals surface area contributed by atoms with Crippen molar-refractivity contribution >= 4 is 11.9 Å². The second-order valence-corrected chi connectivity index (χ2v) is 5.05. The van der Waals surface area contributed by atoms with Gasteiger partial charge in [0.2, 0.25) is 5.91 Å². The van der Waals surface area contributed by atoms with E-state index in [4.69, 9.17) is 4.74 Å². The number of methoxy groups -OCH3 is 1. The molecule has 0 aromatic carbocycles.